The molecule has 1 aliphatic rings. The summed E-state index contributed by atoms with van der Waals surface area (Å²) in [6.07, 6.45) is 0.883. The normalized spacial score (nSPS) is 15.3. The van der Waals surface area contributed by atoms with Crippen molar-refractivity contribution in [2.75, 3.05) is 13.6 Å². The second kappa shape index (κ2) is 9.38. The number of para-hydroxylation sites is 1. The smallest absolute Gasteiger partial charge is 0.191 e. The molecule has 0 radical (unpaired) electrons. The molecule has 0 amide bonds. The van der Waals surface area contributed by atoms with E-state index in [-0.39, 0.29) is 42.4 Å². The largest absolute Gasteiger partial charge is 0.488 e. The molecule has 0 saturated carbocycles. The lowest BCUT2D eigenvalue weighted by Gasteiger charge is -2.16. The maximum absolute atomic E-state index is 13.8. The van der Waals surface area contributed by atoms with E-state index in [1.807, 2.05) is 24.3 Å². The molecule has 0 saturated heterocycles. The summed E-state index contributed by atoms with van der Waals surface area (Å²) in [5.74, 6) is 1.13. The Labute approximate surface area is 169 Å². The molecule has 7 heteroatoms. The number of hydrogen-bond donors (Lipinski definition) is 2. The number of rotatable bonds is 4. The molecule has 2 N–H and O–H groups in total. The maximum Gasteiger partial charge on any atom is 0.191 e. The van der Waals surface area contributed by atoms with Gasteiger partial charge in [0, 0.05) is 25.6 Å². The molecule has 0 aromatic heterocycles. The third-order valence-corrected chi connectivity index (χ3v) is 4.06. The lowest BCUT2D eigenvalue weighted by molar-refractivity contribution is 0.235. The molecule has 3 rings (SSSR count). The van der Waals surface area contributed by atoms with E-state index in [1.54, 1.807) is 7.05 Å². The van der Waals surface area contributed by atoms with E-state index < -0.39 is 0 Å². The summed E-state index contributed by atoms with van der Waals surface area (Å²) in [4.78, 5) is 4.14. The highest BCUT2D eigenvalue weighted by molar-refractivity contribution is 14.0. The Morgan fingerprint density at radius 3 is 2.85 bits per heavy atom. The van der Waals surface area contributed by atoms with Gasteiger partial charge in [-0.15, -0.1) is 24.0 Å². The van der Waals surface area contributed by atoms with Crippen LogP contribution in [0, 0.1) is 17.1 Å². The van der Waals surface area contributed by atoms with Gasteiger partial charge in [-0.25, -0.2) is 4.39 Å². The number of guanidine groups is 1. The van der Waals surface area contributed by atoms with Crippen LogP contribution >= 0.6 is 24.0 Å². The van der Waals surface area contributed by atoms with Crippen LogP contribution in [-0.4, -0.2) is 25.7 Å². The van der Waals surface area contributed by atoms with Gasteiger partial charge < -0.3 is 15.4 Å². The lowest BCUT2D eigenvalue weighted by Crippen LogP contribution is -2.42. The molecule has 0 aliphatic carbocycles. The predicted molar refractivity (Wildman–Crippen MR) is 109 cm³/mol. The highest BCUT2D eigenvalue weighted by atomic mass is 127. The minimum absolute atomic E-state index is 0. The van der Waals surface area contributed by atoms with Crippen molar-refractivity contribution in [2.45, 2.75) is 19.1 Å². The zero-order valence-electron chi connectivity index (χ0n) is 14.3. The topological polar surface area (TPSA) is 69.4 Å². The molecule has 136 valence electrons. The van der Waals surface area contributed by atoms with Gasteiger partial charge in [0.25, 0.3) is 0 Å². The van der Waals surface area contributed by atoms with Crippen LogP contribution in [0.25, 0.3) is 0 Å². The van der Waals surface area contributed by atoms with Crippen molar-refractivity contribution in [3.05, 3.63) is 65.0 Å². The molecule has 1 heterocycles. The van der Waals surface area contributed by atoms with Crippen LogP contribution in [0.4, 0.5) is 4.39 Å². The molecule has 1 atom stereocenters. The van der Waals surface area contributed by atoms with E-state index in [9.17, 15) is 4.39 Å². The van der Waals surface area contributed by atoms with E-state index in [1.165, 1.54) is 23.8 Å². The lowest BCUT2D eigenvalue weighted by atomic mass is 10.1. The zero-order valence-corrected chi connectivity index (χ0v) is 16.7. The summed E-state index contributed by atoms with van der Waals surface area (Å²) < 4.78 is 19.7. The predicted octanol–water partition coefficient (Wildman–Crippen LogP) is 2.98. The van der Waals surface area contributed by atoms with E-state index in [0.717, 1.165) is 12.2 Å². The maximum atomic E-state index is 13.8. The molecular formula is C19H20FIN4O. The molecule has 0 bridgehead atoms. The first-order valence-electron chi connectivity index (χ1n) is 8.07. The SMILES string of the molecule is CN=C(NCc1cc(C#N)ccc1F)NCC1Cc2ccccc2O1.I. The van der Waals surface area contributed by atoms with Crippen molar-refractivity contribution in [1.82, 2.24) is 10.6 Å². The standard InChI is InChI=1S/C19H19FN4O.HI/c1-22-19(23-11-15-8-13(10-21)6-7-17(15)20)24-12-16-9-14-4-2-3-5-18(14)25-16;/h2-8,16H,9,11-12H2,1H3,(H2,22,23,24);1H. The fraction of sp³-hybridized carbons (Fsp3) is 0.263. The summed E-state index contributed by atoms with van der Waals surface area (Å²) in [7, 11) is 1.65. The first kappa shape index (κ1) is 20.0. The highest BCUT2D eigenvalue weighted by Crippen LogP contribution is 2.27. The second-order valence-electron chi connectivity index (χ2n) is 5.78. The number of nitrogens with zero attached hydrogens (tertiary/aromatic N) is 2. The van der Waals surface area contributed by atoms with E-state index in [0.29, 0.717) is 23.6 Å². The van der Waals surface area contributed by atoms with Gasteiger partial charge in [0.05, 0.1) is 18.2 Å². The van der Waals surface area contributed by atoms with E-state index in [4.69, 9.17) is 10.00 Å². The summed E-state index contributed by atoms with van der Waals surface area (Å²) >= 11 is 0. The quantitative estimate of drug-likeness (QED) is 0.413. The average molecular weight is 466 g/mol. The van der Waals surface area contributed by atoms with Crippen LogP contribution in [0.15, 0.2) is 47.5 Å². The van der Waals surface area contributed by atoms with Crippen LogP contribution in [0.3, 0.4) is 0 Å². The molecule has 5 nitrogen and oxygen atoms in total. The summed E-state index contributed by atoms with van der Waals surface area (Å²) in [6, 6.07) is 14.3. The highest BCUT2D eigenvalue weighted by Gasteiger charge is 2.22. The third-order valence-electron chi connectivity index (χ3n) is 4.06. The van der Waals surface area contributed by atoms with Gasteiger partial charge in [-0.1, -0.05) is 18.2 Å². The number of halogens is 2. The Kier molecular flexibility index (Phi) is 7.21. The fourth-order valence-electron chi connectivity index (χ4n) is 2.76. The summed E-state index contributed by atoms with van der Waals surface area (Å²) in [5.41, 5.74) is 2.05. The van der Waals surface area contributed by atoms with Crippen LogP contribution in [0.5, 0.6) is 5.75 Å². The van der Waals surface area contributed by atoms with Crippen LogP contribution < -0.4 is 15.4 Å². The van der Waals surface area contributed by atoms with E-state index in [2.05, 4.69) is 21.7 Å². The monoisotopic (exact) mass is 466 g/mol. The molecule has 2 aromatic rings. The molecular weight excluding hydrogens is 446 g/mol. The van der Waals surface area contributed by atoms with Crippen molar-refractivity contribution >= 4 is 29.9 Å². The summed E-state index contributed by atoms with van der Waals surface area (Å²) in [5, 5.41) is 15.2. The number of fused-ring (bicyclic) bond motifs is 1. The van der Waals surface area contributed by atoms with Crippen molar-refractivity contribution < 1.29 is 9.13 Å². The number of aliphatic imine (C=N–C) groups is 1. The van der Waals surface area contributed by atoms with Gasteiger partial charge in [-0.05, 0) is 29.8 Å². The molecule has 1 aliphatic heterocycles. The Bertz CT molecular complexity index is 810. The van der Waals surface area contributed by atoms with Crippen LogP contribution in [0.1, 0.15) is 16.7 Å². The second-order valence-corrected chi connectivity index (χ2v) is 5.78. The van der Waals surface area contributed by atoms with Crippen LogP contribution in [0.2, 0.25) is 0 Å². The minimum atomic E-state index is -0.350. The number of nitriles is 1. The molecule has 26 heavy (non-hydrogen) atoms. The Hall–Kier alpha value is -2.34. The minimum Gasteiger partial charge on any atom is -0.488 e. The molecule has 0 spiro atoms. The zero-order chi connectivity index (χ0) is 17.6. The summed E-state index contributed by atoms with van der Waals surface area (Å²) in [6.45, 7) is 0.835. The number of nitrogens with one attached hydrogen (secondary N) is 2. The Morgan fingerprint density at radius 1 is 1.31 bits per heavy atom. The van der Waals surface area contributed by atoms with Crippen molar-refractivity contribution in [1.29, 1.82) is 5.26 Å². The van der Waals surface area contributed by atoms with Crippen molar-refractivity contribution in [3.8, 4) is 11.8 Å². The first-order chi connectivity index (χ1) is 12.2. The van der Waals surface area contributed by atoms with Gasteiger partial charge in [0.15, 0.2) is 5.96 Å². The van der Waals surface area contributed by atoms with E-state index >= 15 is 0 Å². The van der Waals surface area contributed by atoms with Gasteiger partial charge in [0.2, 0.25) is 0 Å². The third kappa shape index (κ3) is 4.85. The van der Waals surface area contributed by atoms with Crippen molar-refractivity contribution in [3.63, 3.8) is 0 Å². The number of benzene rings is 2. The van der Waals surface area contributed by atoms with Crippen molar-refractivity contribution in [2.24, 2.45) is 4.99 Å². The number of ether oxygens (including phenoxy) is 1. The Balaban J connectivity index is 0.00000243. The number of hydrogen-bond acceptors (Lipinski definition) is 3. The molecule has 0 fully saturated rings. The first-order valence-corrected chi connectivity index (χ1v) is 8.07. The van der Waals surface area contributed by atoms with Gasteiger partial charge in [-0.3, -0.25) is 4.99 Å². The molecule has 1 unspecified atom stereocenters. The average Bonchev–Trinajstić information content (AvgIpc) is 3.06. The van der Waals surface area contributed by atoms with Gasteiger partial charge >= 0.3 is 0 Å². The molecule has 2 aromatic carbocycles. The Morgan fingerprint density at radius 2 is 2.12 bits per heavy atom. The van der Waals surface area contributed by atoms with Gasteiger partial charge in [-0.2, -0.15) is 5.26 Å². The fourth-order valence-corrected chi connectivity index (χ4v) is 2.76. The van der Waals surface area contributed by atoms with Gasteiger partial charge in [0.1, 0.15) is 17.7 Å². The van der Waals surface area contributed by atoms with Crippen LogP contribution in [-0.2, 0) is 13.0 Å².